The molecular formula is C10H12FIN2OS. The minimum atomic E-state index is -0.729. The third-order valence-corrected chi connectivity index (χ3v) is 4.69. The fraction of sp³-hybridized carbons (Fsp3) is 0.400. The van der Waals surface area contributed by atoms with Gasteiger partial charge in [-0.25, -0.2) is 4.39 Å². The maximum absolute atomic E-state index is 13.4. The molecule has 1 aromatic carbocycles. The van der Waals surface area contributed by atoms with E-state index in [0.29, 0.717) is 33.9 Å². The summed E-state index contributed by atoms with van der Waals surface area (Å²) in [6.07, 6.45) is 0. The van der Waals surface area contributed by atoms with Gasteiger partial charge in [-0.15, -0.1) is 0 Å². The Morgan fingerprint density at radius 3 is 2.62 bits per heavy atom. The molecule has 0 unspecified atom stereocenters. The van der Waals surface area contributed by atoms with Gasteiger partial charge in [0.2, 0.25) is 0 Å². The van der Waals surface area contributed by atoms with Crippen molar-refractivity contribution in [2.45, 2.75) is 0 Å². The highest BCUT2D eigenvalue weighted by Crippen LogP contribution is 2.28. The predicted octanol–water partition coefficient (Wildman–Crippen LogP) is 1.58. The van der Waals surface area contributed by atoms with E-state index in [1.165, 1.54) is 6.07 Å². The molecule has 0 amide bonds. The van der Waals surface area contributed by atoms with Crippen molar-refractivity contribution in [2.24, 2.45) is 0 Å². The van der Waals surface area contributed by atoms with Gasteiger partial charge in [0.15, 0.2) is 0 Å². The Labute approximate surface area is 110 Å². The molecule has 0 spiro atoms. The first-order chi connectivity index (χ1) is 7.58. The van der Waals surface area contributed by atoms with Gasteiger partial charge in [0.25, 0.3) is 0 Å². The molecule has 6 heteroatoms. The topological polar surface area (TPSA) is 46.3 Å². The summed E-state index contributed by atoms with van der Waals surface area (Å²) < 4.78 is 25.2. The average Bonchev–Trinajstić information content (AvgIpc) is 2.25. The molecule has 1 aromatic rings. The first kappa shape index (κ1) is 12.1. The summed E-state index contributed by atoms with van der Waals surface area (Å²) >= 11 is 1.92. The van der Waals surface area contributed by atoms with Crippen molar-refractivity contribution in [2.75, 3.05) is 35.2 Å². The van der Waals surface area contributed by atoms with Crippen LogP contribution in [0.15, 0.2) is 12.1 Å². The van der Waals surface area contributed by atoms with E-state index in [-0.39, 0.29) is 5.82 Å². The summed E-state index contributed by atoms with van der Waals surface area (Å²) in [6, 6.07) is 3.10. The third-order valence-electron chi connectivity index (χ3n) is 2.59. The molecule has 0 aromatic heterocycles. The summed E-state index contributed by atoms with van der Waals surface area (Å²) in [5, 5.41) is 0. The van der Waals surface area contributed by atoms with Gasteiger partial charge in [0.05, 0.1) is 14.9 Å². The monoisotopic (exact) mass is 354 g/mol. The minimum absolute atomic E-state index is 0.253. The van der Waals surface area contributed by atoms with Crippen LogP contribution >= 0.6 is 22.6 Å². The van der Waals surface area contributed by atoms with Crippen molar-refractivity contribution < 1.29 is 8.60 Å². The maximum Gasteiger partial charge on any atom is 0.138 e. The van der Waals surface area contributed by atoms with Crippen LogP contribution in [0.25, 0.3) is 0 Å². The summed E-state index contributed by atoms with van der Waals surface area (Å²) in [7, 11) is -0.729. The third kappa shape index (κ3) is 2.48. The van der Waals surface area contributed by atoms with Gasteiger partial charge < -0.3 is 10.6 Å². The number of nitrogens with zero attached hydrogens (tertiary/aromatic N) is 1. The highest BCUT2D eigenvalue weighted by Gasteiger charge is 2.18. The normalized spacial score (nSPS) is 17.8. The van der Waals surface area contributed by atoms with Gasteiger partial charge >= 0.3 is 0 Å². The SMILES string of the molecule is Nc1cc(I)c(F)cc1N1CCS(=O)CC1. The summed E-state index contributed by atoms with van der Waals surface area (Å²) in [6.45, 7) is 1.35. The highest BCUT2D eigenvalue weighted by atomic mass is 127. The van der Waals surface area contributed by atoms with E-state index in [2.05, 4.69) is 0 Å². The Hall–Kier alpha value is -0.370. The molecule has 3 nitrogen and oxygen atoms in total. The number of nitrogen functional groups attached to an aromatic ring is 1. The Balaban J connectivity index is 2.26. The van der Waals surface area contributed by atoms with E-state index >= 15 is 0 Å². The molecule has 0 saturated carbocycles. The zero-order valence-electron chi connectivity index (χ0n) is 8.58. The van der Waals surface area contributed by atoms with Crippen LogP contribution in [0.2, 0.25) is 0 Å². The molecule has 0 atom stereocenters. The van der Waals surface area contributed by atoms with Crippen LogP contribution in [-0.4, -0.2) is 28.8 Å². The van der Waals surface area contributed by atoms with Crippen molar-refractivity contribution in [3.63, 3.8) is 0 Å². The van der Waals surface area contributed by atoms with Gasteiger partial charge in [0.1, 0.15) is 5.82 Å². The molecule has 1 aliphatic heterocycles. The van der Waals surface area contributed by atoms with E-state index in [0.717, 1.165) is 5.69 Å². The van der Waals surface area contributed by atoms with Crippen LogP contribution in [0.1, 0.15) is 0 Å². The summed E-state index contributed by atoms with van der Waals surface area (Å²) in [4.78, 5) is 2.00. The number of nitrogens with two attached hydrogens (primary N) is 1. The van der Waals surface area contributed by atoms with Crippen LogP contribution in [0, 0.1) is 9.39 Å². The van der Waals surface area contributed by atoms with E-state index in [1.807, 2.05) is 27.5 Å². The number of halogens is 2. The van der Waals surface area contributed by atoms with Gasteiger partial charge in [0, 0.05) is 41.5 Å². The van der Waals surface area contributed by atoms with Gasteiger partial charge in [-0.3, -0.25) is 4.21 Å². The summed E-state index contributed by atoms with van der Waals surface area (Å²) in [5.74, 6) is 1.01. The second-order valence-corrected chi connectivity index (χ2v) is 6.52. The number of hydrogen-bond acceptors (Lipinski definition) is 3. The lowest BCUT2D eigenvalue weighted by molar-refractivity contribution is 0.619. The molecule has 0 radical (unpaired) electrons. The molecule has 2 rings (SSSR count). The van der Waals surface area contributed by atoms with Crippen LogP contribution < -0.4 is 10.6 Å². The molecule has 1 saturated heterocycles. The second-order valence-electron chi connectivity index (χ2n) is 3.66. The van der Waals surface area contributed by atoms with E-state index < -0.39 is 10.8 Å². The Kier molecular flexibility index (Phi) is 3.68. The smallest absolute Gasteiger partial charge is 0.138 e. The standard InChI is InChI=1S/C10H12FIN2OS/c11-7-5-10(9(13)6-8(7)12)14-1-3-16(15)4-2-14/h5-6H,1-4,13H2. The van der Waals surface area contributed by atoms with E-state index in [1.54, 1.807) is 6.07 Å². The molecular weight excluding hydrogens is 342 g/mol. The Bertz CT molecular complexity index is 431. The molecule has 1 fully saturated rings. The molecule has 16 heavy (non-hydrogen) atoms. The molecule has 0 aliphatic carbocycles. The van der Waals surface area contributed by atoms with Crippen molar-refractivity contribution in [3.8, 4) is 0 Å². The number of benzene rings is 1. The molecule has 1 aliphatic rings. The fourth-order valence-corrected chi connectivity index (χ4v) is 3.25. The fourth-order valence-electron chi connectivity index (χ4n) is 1.70. The molecule has 1 heterocycles. The minimum Gasteiger partial charge on any atom is -0.397 e. The lowest BCUT2D eigenvalue weighted by Gasteiger charge is -2.29. The number of anilines is 2. The summed E-state index contributed by atoms with van der Waals surface area (Å²) in [5.41, 5.74) is 7.17. The molecule has 0 bridgehead atoms. The quantitative estimate of drug-likeness (QED) is 0.615. The second kappa shape index (κ2) is 4.87. The van der Waals surface area contributed by atoms with E-state index in [4.69, 9.17) is 5.73 Å². The van der Waals surface area contributed by atoms with E-state index in [9.17, 15) is 8.60 Å². The maximum atomic E-state index is 13.4. The van der Waals surface area contributed by atoms with Crippen molar-refractivity contribution in [3.05, 3.63) is 21.5 Å². The first-order valence-electron chi connectivity index (χ1n) is 4.92. The van der Waals surface area contributed by atoms with Gasteiger partial charge in [-0.2, -0.15) is 0 Å². The Morgan fingerprint density at radius 2 is 2.00 bits per heavy atom. The van der Waals surface area contributed by atoms with Gasteiger partial charge in [-0.1, -0.05) is 0 Å². The number of hydrogen-bond donors (Lipinski definition) is 1. The Morgan fingerprint density at radius 1 is 1.38 bits per heavy atom. The van der Waals surface area contributed by atoms with Crippen molar-refractivity contribution in [1.82, 2.24) is 0 Å². The lowest BCUT2D eigenvalue weighted by atomic mass is 10.2. The van der Waals surface area contributed by atoms with Gasteiger partial charge in [-0.05, 0) is 28.7 Å². The molecule has 2 N–H and O–H groups in total. The van der Waals surface area contributed by atoms with Crippen LogP contribution in [-0.2, 0) is 10.8 Å². The zero-order chi connectivity index (χ0) is 11.7. The highest BCUT2D eigenvalue weighted by molar-refractivity contribution is 14.1. The average molecular weight is 354 g/mol. The largest absolute Gasteiger partial charge is 0.397 e. The first-order valence-corrected chi connectivity index (χ1v) is 7.49. The lowest BCUT2D eigenvalue weighted by Crippen LogP contribution is -2.38. The molecule has 88 valence electrons. The number of rotatable bonds is 1. The van der Waals surface area contributed by atoms with Crippen LogP contribution in [0.4, 0.5) is 15.8 Å². The van der Waals surface area contributed by atoms with Crippen LogP contribution in [0.5, 0.6) is 0 Å². The van der Waals surface area contributed by atoms with Crippen molar-refractivity contribution >= 4 is 44.8 Å². The van der Waals surface area contributed by atoms with Crippen molar-refractivity contribution in [1.29, 1.82) is 0 Å². The van der Waals surface area contributed by atoms with Crippen LogP contribution in [0.3, 0.4) is 0 Å². The predicted molar refractivity (Wildman–Crippen MR) is 73.6 cm³/mol. The zero-order valence-corrected chi connectivity index (χ0v) is 11.6.